The first-order chi connectivity index (χ1) is 13.7. The van der Waals surface area contributed by atoms with Gasteiger partial charge in [0, 0.05) is 31.0 Å². The van der Waals surface area contributed by atoms with Gasteiger partial charge in [0.2, 0.25) is 0 Å². The third-order valence-corrected chi connectivity index (χ3v) is 5.47. The zero-order chi connectivity index (χ0) is 20.9. The van der Waals surface area contributed by atoms with Gasteiger partial charge in [-0.05, 0) is 32.3 Å². The number of aromatic nitrogens is 5. The molecule has 154 valence electrons. The molecule has 0 bridgehead atoms. The lowest BCUT2D eigenvalue weighted by molar-refractivity contribution is -0.142. The standard InChI is InChI=1S/C19H21F3N6O/c1-4-12-8-16(19(20,21)22)28-17(24-12)9-14(25-28)15-6-5-7-27(15)18(29)13-10-23-26(3)11(13)2/h8-10,15H,4-7H2,1-3H3. The van der Waals surface area contributed by atoms with Crippen molar-refractivity contribution in [3.63, 3.8) is 0 Å². The van der Waals surface area contributed by atoms with E-state index in [4.69, 9.17) is 0 Å². The molecule has 0 spiro atoms. The fourth-order valence-electron chi connectivity index (χ4n) is 3.77. The maximum Gasteiger partial charge on any atom is 0.433 e. The highest BCUT2D eigenvalue weighted by Crippen LogP contribution is 2.35. The number of aryl methyl sites for hydroxylation is 2. The SMILES string of the molecule is CCc1cc(C(F)(F)F)n2nc(C3CCCN3C(=O)c3cnn(C)c3C)cc2n1. The van der Waals surface area contributed by atoms with Crippen LogP contribution in [0.4, 0.5) is 13.2 Å². The van der Waals surface area contributed by atoms with Crippen LogP contribution in [-0.2, 0) is 19.6 Å². The molecule has 1 saturated heterocycles. The zero-order valence-corrected chi connectivity index (χ0v) is 16.4. The van der Waals surface area contributed by atoms with Crippen LogP contribution >= 0.6 is 0 Å². The second kappa shape index (κ2) is 6.85. The second-order valence-electron chi connectivity index (χ2n) is 7.25. The summed E-state index contributed by atoms with van der Waals surface area (Å²) in [6, 6.07) is 2.19. The minimum Gasteiger partial charge on any atom is -0.330 e. The molecule has 1 unspecified atom stereocenters. The molecule has 0 saturated carbocycles. The number of alkyl halides is 3. The van der Waals surface area contributed by atoms with Crippen LogP contribution in [-0.4, -0.2) is 41.7 Å². The van der Waals surface area contributed by atoms with Gasteiger partial charge < -0.3 is 4.90 Å². The molecule has 29 heavy (non-hydrogen) atoms. The molecule has 3 aromatic rings. The quantitative estimate of drug-likeness (QED) is 0.669. The summed E-state index contributed by atoms with van der Waals surface area (Å²) in [6.45, 7) is 4.08. The number of nitrogens with zero attached hydrogens (tertiary/aromatic N) is 6. The van der Waals surface area contributed by atoms with Crippen LogP contribution in [0.5, 0.6) is 0 Å². The van der Waals surface area contributed by atoms with Crippen molar-refractivity contribution in [2.45, 2.75) is 45.3 Å². The Balaban J connectivity index is 1.75. The topological polar surface area (TPSA) is 68.3 Å². The zero-order valence-electron chi connectivity index (χ0n) is 16.4. The minimum atomic E-state index is -4.55. The van der Waals surface area contributed by atoms with Crippen molar-refractivity contribution in [3.8, 4) is 0 Å². The van der Waals surface area contributed by atoms with Crippen LogP contribution in [0.1, 0.15) is 58.9 Å². The summed E-state index contributed by atoms with van der Waals surface area (Å²) in [5.41, 5.74) is 1.29. The highest BCUT2D eigenvalue weighted by molar-refractivity contribution is 5.95. The lowest BCUT2D eigenvalue weighted by atomic mass is 10.1. The normalized spacial score (nSPS) is 17.4. The summed E-state index contributed by atoms with van der Waals surface area (Å²) in [5, 5.41) is 8.32. The summed E-state index contributed by atoms with van der Waals surface area (Å²) in [6.07, 6.45) is -1.26. The van der Waals surface area contributed by atoms with Crippen molar-refractivity contribution >= 4 is 11.6 Å². The van der Waals surface area contributed by atoms with Gasteiger partial charge in [-0.1, -0.05) is 6.92 Å². The van der Waals surface area contributed by atoms with Crippen molar-refractivity contribution in [1.82, 2.24) is 29.3 Å². The molecular weight excluding hydrogens is 385 g/mol. The predicted octanol–water partition coefficient (Wildman–Crippen LogP) is 3.33. The van der Waals surface area contributed by atoms with Crippen molar-refractivity contribution in [3.05, 3.63) is 46.7 Å². The van der Waals surface area contributed by atoms with Crippen LogP contribution in [0, 0.1) is 6.92 Å². The molecule has 0 N–H and O–H groups in total. The Kier molecular flexibility index (Phi) is 4.59. The number of hydrogen-bond acceptors (Lipinski definition) is 4. The first-order valence-electron chi connectivity index (χ1n) is 9.47. The number of halogens is 3. The van der Waals surface area contributed by atoms with Crippen molar-refractivity contribution in [2.24, 2.45) is 7.05 Å². The first kappa shape index (κ1) is 19.4. The molecule has 0 aromatic carbocycles. The van der Waals surface area contributed by atoms with Crippen molar-refractivity contribution < 1.29 is 18.0 Å². The highest BCUT2D eigenvalue weighted by Gasteiger charge is 2.37. The maximum atomic E-state index is 13.5. The van der Waals surface area contributed by atoms with E-state index in [-0.39, 0.29) is 11.6 Å². The predicted molar refractivity (Wildman–Crippen MR) is 98.3 cm³/mol. The number of carbonyl (C=O) groups is 1. The third kappa shape index (κ3) is 3.26. The van der Waals surface area contributed by atoms with E-state index in [9.17, 15) is 18.0 Å². The Bertz CT molecular complexity index is 1080. The summed E-state index contributed by atoms with van der Waals surface area (Å²) < 4.78 is 43.1. The lowest BCUT2D eigenvalue weighted by Gasteiger charge is -2.23. The third-order valence-electron chi connectivity index (χ3n) is 5.47. The molecule has 1 aliphatic rings. The van der Waals surface area contributed by atoms with E-state index in [2.05, 4.69) is 15.2 Å². The van der Waals surface area contributed by atoms with Gasteiger partial charge in [-0.25, -0.2) is 9.50 Å². The largest absolute Gasteiger partial charge is 0.433 e. The van der Waals surface area contributed by atoms with E-state index in [0.717, 1.165) is 22.7 Å². The monoisotopic (exact) mass is 406 g/mol. The molecule has 7 nitrogen and oxygen atoms in total. The van der Waals surface area contributed by atoms with Gasteiger partial charge in [0.15, 0.2) is 5.65 Å². The maximum absolute atomic E-state index is 13.5. The molecule has 4 rings (SSSR count). The Morgan fingerprint density at radius 1 is 1.31 bits per heavy atom. The smallest absolute Gasteiger partial charge is 0.330 e. The molecule has 1 fully saturated rings. The number of carbonyl (C=O) groups excluding carboxylic acids is 1. The summed E-state index contributed by atoms with van der Waals surface area (Å²) in [4.78, 5) is 19.0. The van der Waals surface area contributed by atoms with Crippen LogP contribution < -0.4 is 0 Å². The molecule has 0 aliphatic carbocycles. The number of likely N-dealkylation sites (tertiary alicyclic amines) is 1. The molecule has 4 heterocycles. The summed E-state index contributed by atoms with van der Waals surface area (Å²) >= 11 is 0. The fraction of sp³-hybridized carbons (Fsp3) is 0.474. The van der Waals surface area contributed by atoms with E-state index in [1.165, 1.54) is 6.20 Å². The fourth-order valence-corrected chi connectivity index (χ4v) is 3.77. The van der Waals surface area contributed by atoms with E-state index in [1.54, 1.807) is 29.6 Å². The molecule has 1 atom stereocenters. The van der Waals surface area contributed by atoms with Crippen LogP contribution in [0.15, 0.2) is 18.3 Å². The van der Waals surface area contributed by atoms with Crippen molar-refractivity contribution in [2.75, 3.05) is 6.54 Å². The number of rotatable bonds is 3. The van der Waals surface area contributed by atoms with E-state index in [0.29, 0.717) is 36.3 Å². The molecule has 3 aromatic heterocycles. The minimum absolute atomic E-state index is 0.142. The van der Waals surface area contributed by atoms with E-state index >= 15 is 0 Å². The van der Waals surface area contributed by atoms with Gasteiger partial charge in [0.05, 0.1) is 23.5 Å². The molecule has 0 radical (unpaired) electrons. The molecule has 1 amide bonds. The summed E-state index contributed by atoms with van der Waals surface area (Å²) in [5.74, 6) is -0.187. The highest BCUT2D eigenvalue weighted by atomic mass is 19.4. The van der Waals surface area contributed by atoms with E-state index < -0.39 is 17.9 Å². The average Bonchev–Trinajstić information content (AvgIpc) is 3.38. The second-order valence-corrected chi connectivity index (χ2v) is 7.25. The molecule has 1 aliphatic heterocycles. The van der Waals surface area contributed by atoms with Crippen molar-refractivity contribution in [1.29, 1.82) is 0 Å². The van der Waals surface area contributed by atoms with Gasteiger partial charge in [-0.2, -0.15) is 23.4 Å². The lowest BCUT2D eigenvalue weighted by Crippen LogP contribution is -2.31. The molecule has 10 heteroatoms. The number of fused-ring (bicyclic) bond motifs is 1. The van der Waals surface area contributed by atoms with Gasteiger partial charge >= 0.3 is 6.18 Å². The van der Waals surface area contributed by atoms with Gasteiger partial charge in [0.25, 0.3) is 5.91 Å². The first-order valence-corrected chi connectivity index (χ1v) is 9.47. The van der Waals surface area contributed by atoms with Gasteiger partial charge in [-0.15, -0.1) is 0 Å². The number of hydrogen-bond donors (Lipinski definition) is 0. The van der Waals surface area contributed by atoms with Crippen LogP contribution in [0.2, 0.25) is 0 Å². The van der Waals surface area contributed by atoms with Gasteiger partial charge in [0.1, 0.15) is 5.69 Å². The Hall–Kier alpha value is -2.91. The average molecular weight is 406 g/mol. The van der Waals surface area contributed by atoms with E-state index in [1.807, 2.05) is 6.92 Å². The Morgan fingerprint density at radius 2 is 2.07 bits per heavy atom. The van der Waals surface area contributed by atoms with Gasteiger partial charge in [-0.3, -0.25) is 9.48 Å². The Labute approximate surface area is 165 Å². The molecular formula is C19H21F3N6O. The van der Waals surface area contributed by atoms with Crippen LogP contribution in [0.3, 0.4) is 0 Å². The van der Waals surface area contributed by atoms with Crippen LogP contribution in [0.25, 0.3) is 5.65 Å². The number of amides is 1. The Morgan fingerprint density at radius 3 is 2.69 bits per heavy atom. The summed E-state index contributed by atoms with van der Waals surface area (Å²) in [7, 11) is 1.76.